The van der Waals surface area contributed by atoms with Gasteiger partial charge in [-0.1, -0.05) is 12.8 Å². The molecule has 0 radical (unpaired) electrons. The molecule has 0 bridgehead atoms. The van der Waals surface area contributed by atoms with Crippen LogP contribution < -0.4 is 11.3 Å². The van der Waals surface area contributed by atoms with Gasteiger partial charge in [0.2, 0.25) is 0 Å². The second-order valence-electron chi connectivity index (χ2n) is 5.78. The van der Waals surface area contributed by atoms with Crippen molar-refractivity contribution in [3.8, 4) is 0 Å². The van der Waals surface area contributed by atoms with Crippen molar-refractivity contribution < 1.29 is 9.15 Å². The molecule has 0 aromatic carbocycles. The molecular formula is C14H21BrN2O2. The van der Waals surface area contributed by atoms with Crippen LogP contribution >= 0.6 is 15.9 Å². The number of hydrogen-bond acceptors (Lipinski definition) is 4. The van der Waals surface area contributed by atoms with Crippen LogP contribution in [0.2, 0.25) is 0 Å². The minimum atomic E-state index is 0.0766. The molecule has 1 aliphatic carbocycles. The number of ether oxygens (including phenoxy) is 1. The van der Waals surface area contributed by atoms with E-state index in [2.05, 4.69) is 21.4 Å². The van der Waals surface area contributed by atoms with E-state index in [1.807, 2.05) is 12.1 Å². The van der Waals surface area contributed by atoms with Crippen molar-refractivity contribution in [3.05, 3.63) is 22.6 Å². The molecule has 5 heteroatoms. The molecule has 3 rings (SSSR count). The van der Waals surface area contributed by atoms with E-state index in [-0.39, 0.29) is 11.6 Å². The van der Waals surface area contributed by atoms with E-state index in [1.54, 1.807) is 0 Å². The highest BCUT2D eigenvalue weighted by Gasteiger charge is 2.42. The Bertz CT molecular complexity index is 429. The largest absolute Gasteiger partial charge is 0.453 e. The van der Waals surface area contributed by atoms with Crippen LogP contribution in [-0.4, -0.2) is 12.2 Å². The number of nitrogens with two attached hydrogens (primary N) is 1. The van der Waals surface area contributed by atoms with Gasteiger partial charge in [-0.05, 0) is 59.7 Å². The summed E-state index contributed by atoms with van der Waals surface area (Å²) < 4.78 is 12.5. The van der Waals surface area contributed by atoms with Crippen LogP contribution in [0.5, 0.6) is 0 Å². The van der Waals surface area contributed by atoms with E-state index in [9.17, 15) is 0 Å². The number of furan rings is 1. The smallest absolute Gasteiger partial charge is 0.169 e. The number of hydrazine groups is 1. The highest BCUT2D eigenvalue weighted by Crippen LogP contribution is 2.45. The van der Waals surface area contributed by atoms with Gasteiger partial charge in [-0.3, -0.25) is 5.84 Å². The first-order valence-corrected chi connectivity index (χ1v) is 7.87. The molecule has 1 saturated heterocycles. The maximum Gasteiger partial charge on any atom is 0.169 e. The number of nitrogens with one attached hydrogen (secondary N) is 1. The quantitative estimate of drug-likeness (QED) is 0.660. The van der Waals surface area contributed by atoms with Gasteiger partial charge in [0.05, 0.1) is 11.6 Å². The summed E-state index contributed by atoms with van der Waals surface area (Å²) in [6.07, 6.45) is 7.10. The van der Waals surface area contributed by atoms with E-state index in [0.717, 1.165) is 29.9 Å². The Morgan fingerprint density at radius 2 is 2.16 bits per heavy atom. The van der Waals surface area contributed by atoms with Gasteiger partial charge in [0.25, 0.3) is 0 Å². The average molecular weight is 329 g/mol. The van der Waals surface area contributed by atoms with Crippen molar-refractivity contribution in [1.82, 2.24) is 5.43 Å². The molecule has 2 unspecified atom stereocenters. The molecule has 0 amide bonds. The minimum Gasteiger partial charge on any atom is -0.453 e. The molecule has 1 spiro atoms. The molecule has 1 aromatic heterocycles. The van der Waals surface area contributed by atoms with Crippen LogP contribution in [0.25, 0.3) is 0 Å². The minimum absolute atomic E-state index is 0.0766. The summed E-state index contributed by atoms with van der Waals surface area (Å²) in [5, 5.41) is 0. The fourth-order valence-electron chi connectivity index (χ4n) is 3.66. The zero-order valence-corrected chi connectivity index (χ0v) is 12.6. The van der Waals surface area contributed by atoms with Crippen LogP contribution in [0, 0.1) is 5.92 Å². The number of halogens is 1. The lowest BCUT2D eigenvalue weighted by Crippen LogP contribution is -2.43. The van der Waals surface area contributed by atoms with Crippen LogP contribution in [0.15, 0.2) is 21.2 Å². The molecular weight excluding hydrogens is 308 g/mol. The molecule has 106 valence electrons. The molecule has 4 nitrogen and oxygen atoms in total. The Morgan fingerprint density at radius 3 is 2.79 bits per heavy atom. The van der Waals surface area contributed by atoms with Crippen LogP contribution in [0.4, 0.5) is 0 Å². The normalized spacial score (nSPS) is 27.8. The first-order chi connectivity index (χ1) is 9.22. The Kier molecular flexibility index (Phi) is 3.98. The molecule has 3 N–H and O–H groups in total. The third kappa shape index (κ3) is 2.75. The van der Waals surface area contributed by atoms with Crippen molar-refractivity contribution in [1.29, 1.82) is 0 Å². The number of hydrogen-bond donors (Lipinski definition) is 2. The molecule has 2 atom stereocenters. The summed E-state index contributed by atoms with van der Waals surface area (Å²) in [5.41, 5.74) is 3.05. The SMILES string of the molecule is NNC(c1ccc(Br)o1)C1CCOC2(CCCC2)C1. The summed E-state index contributed by atoms with van der Waals surface area (Å²) >= 11 is 3.35. The van der Waals surface area contributed by atoms with E-state index in [0.29, 0.717) is 5.92 Å². The predicted octanol–water partition coefficient (Wildman–Crippen LogP) is 3.29. The first-order valence-electron chi connectivity index (χ1n) is 7.08. The van der Waals surface area contributed by atoms with Gasteiger partial charge in [0.1, 0.15) is 5.76 Å². The van der Waals surface area contributed by atoms with Crippen LogP contribution in [0.3, 0.4) is 0 Å². The highest BCUT2D eigenvalue weighted by atomic mass is 79.9. The topological polar surface area (TPSA) is 60.4 Å². The Morgan fingerprint density at radius 1 is 1.37 bits per heavy atom. The summed E-state index contributed by atoms with van der Waals surface area (Å²) in [5.74, 6) is 7.16. The second-order valence-corrected chi connectivity index (χ2v) is 6.56. The van der Waals surface area contributed by atoms with E-state index < -0.39 is 0 Å². The summed E-state index contributed by atoms with van der Waals surface area (Å²) in [4.78, 5) is 0. The number of rotatable bonds is 3. The average Bonchev–Trinajstić information content (AvgIpc) is 3.01. The fraction of sp³-hybridized carbons (Fsp3) is 0.714. The van der Waals surface area contributed by atoms with Gasteiger partial charge in [-0.2, -0.15) is 0 Å². The third-order valence-corrected chi connectivity index (χ3v) is 5.02. The van der Waals surface area contributed by atoms with E-state index in [1.165, 1.54) is 25.7 Å². The van der Waals surface area contributed by atoms with Gasteiger partial charge in [-0.25, -0.2) is 5.43 Å². The summed E-state index contributed by atoms with van der Waals surface area (Å²) in [6, 6.07) is 3.99. The van der Waals surface area contributed by atoms with Crippen molar-refractivity contribution in [2.24, 2.45) is 11.8 Å². The Labute approximate surface area is 122 Å². The van der Waals surface area contributed by atoms with Crippen molar-refractivity contribution >= 4 is 15.9 Å². The molecule has 1 saturated carbocycles. The standard InChI is InChI=1S/C14H21BrN2O2/c15-12-4-3-11(19-12)13(17-16)10-5-8-18-14(9-10)6-1-2-7-14/h3-4,10,13,17H,1-2,5-9,16H2. The summed E-state index contributed by atoms with van der Waals surface area (Å²) in [6.45, 7) is 0.838. The molecule has 2 fully saturated rings. The predicted molar refractivity (Wildman–Crippen MR) is 76.3 cm³/mol. The monoisotopic (exact) mass is 328 g/mol. The first kappa shape index (κ1) is 13.6. The van der Waals surface area contributed by atoms with Gasteiger partial charge in [-0.15, -0.1) is 0 Å². The zero-order chi connectivity index (χ0) is 13.3. The van der Waals surface area contributed by atoms with Crippen LogP contribution in [-0.2, 0) is 4.74 Å². The maximum absolute atomic E-state index is 6.08. The lowest BCUT2D eigenvalue weighted by Gasteiger charge is -2.40. The molecule has 1 aromatic rings. The van der Waals surface area contributed by atoms with Crippen molar-refractivity contribution in [2.45, 2.75) is 50.2 Å². The zero-order valence-electron chi connectivity index (χ0n) is 11.0. The lowest BCUT2D eigenvalue weighted by molar-refractivity contribution is -0.0991. The molecule has 2 heterocycles. The van der Waals surface area contributed by atoms with E-state index >= 15 is 0 Å². The van der Waals surface area contributed by atoms with E-state index in [4.69, 9.17) is 15.0 Å². The molecule has 2 aliphatic rings. The van der Waals surface area contributed by atoms with Gasteiger partial charge < -0.3 is 9.15 Å². The third-order valence-electron chi connectivity index (χ3n) is 4.60. The highest BCUT2D eigenvalue weighted by molar-refractivity contribution is 9.10. The van der Waals surface area contributed by atoms with Crippen molar-refractivity contribution in [3.63, 3.8) is 0 Å². The molecule has 19 heavy (non-hydrogen) atoms. The fourth-order valence-corrected chi connectivity index (χ4v) is 3.98. The maximum atomic E-state index is 6.08. The summed E-state index contributed by atoms with van der Waals surface area (Å²) in [7, 11) is 0. The Hall–Kier alpha value is -0.360. The lowest BCUT2D eigenvalue weighted by atomic mass is 9.80. The van der Waals surface area contributed by atoms with Crippen molar-refractivity contribution in [2.75, 3.05) is 6.61 Å². The molecule has 1 aliphatic heterocycles. The Balaban J connectivity index is 1.76. The van der Waals surface area contributed by atoms with Gasteiger partial charge in [0.15, 0.2) is 4.67 Å². The second kappa shape index (κ2) is 5.56. The van der Waals surface area contributed by atoms with Gasteiger partial charge in [0, 0.05) is 6.61 Å². The van der Waals surface area contributed by atoms with Crippen LogP contribution in [0.1, 0.15) is 50.3 Å². The van der Waals surface area contributed by atoms with Gasteiger partial charge >= 0.3 is 0 Å².